The number of hydrogen-bond acceptors (Lipinski definition) is 3. The van der Waals surface area contributed by atoms with Crippen LogP contribution in [0.1, 0.15) is 44.1 Å². The molecule has 0 amide bonds. The number of nitrogens with zero attached hydrogens (tertiary/aromatic N) is 1. The molecule has 2 aliphatic carbocycles. The normalized spacial score (nSPS) is 24.1. The molecular weight excluding hydrogens is 346 g/mol. The first kappa shape index (κ1) is 20.7. The number of hydrogen-bond donors (Lipinski definition) is 0. The molecule has 1 fully saturated rings. The maximum atomic E-state index is 13.4. The van der Waals surface area contributed by atoms with E-state index in [1.807, 2.05) is 24.3 Å². The number of Topliss-reactive ketones (excluding diaryl/α,β-unsaturated/α-hetero) is 1. The first-order valence-corrected chi connectivity index (χ1v) is 9.29. The van der Waals surface area contributed by atoms with Gasteiger partial charge in [-0.25, -0.2) is 0 Å². The maximum absolute atomic E-state index is 13.4. The van der Waals surface area contributed by atoms with Crippen molar-refractivity contribution in [1.29, 1.82) is 0 Å². The minimum Gasteiger partial charge on any atom is -0.497 e. The van der Waals surface area contributed by atoms with Crippen LogP contribution in [0, 0.1) is 5.41 Å². The Balaban J connectivity index is 0.00000243. The molecule has 0 aliphatic heterocycles. The predicted molar refractivity (Wildman–Crippen MR) is 110 cm³/mol. The molecule has 1 unspecified atom stereocenters. The monoisotopic (exact) mass is 375 g/mol. The smallest absolute Gasteiger partial charge is 0.169 e. The summed E-state index contributed by atoms with van der Waals surface area (Å²) in [6, 6.07) is 7.94. The summed E-state index contributed by atoms with van der Waals surface area (Å²) in [6.45, 7) is 0.957. The quantitative estimate of drug-likeness (QED) is 0.522. The Morgan fingerprint density at radius 3 is 2.50 bits per heavy atom. The molecule has 0 spiro atoms. The van der Waals surface area contributed by atoms with E-state index in [2.05, 4.69) is 31.1 Å². The van der Waals surface area contributed by atoms with E-state index < -0.39 is 0 Å². The van der Waals surface area contributed by atoms with E-state index in [0.717, 1.165) is 55.5 Å². The molecular formula is C22H30ClNO2. The van der Waals surface area contributed by atoms with Crippen molar-refractivity contribution in [2.75, 3.05) is 27.7 Å². The van der Waals surface area contributed by atoms with Crippen LogP contribution in [-0.2, 0) is 4.79 Å². The van der Waals surface area contributed by atoms with Crippen LogP contribution < -0.4 is 4.74 Å². The van der Waals surface area contributed by atoms with Gasteiger partial charge in [0.2, 0.25) is 0 Å². The summed E-state index contributed by atoms with van der Waals surface area (Å²) < 4.78 is 5.22. The fraction of sp³-hybridized carbons (Fsp3) is 0.500. The number of ketones is 1. The molecule has 0 saturated heterocycles. The van der Waals surface area contributed by atoms with Gasteiger partial charge in [-0.05, 0) is 88.5 Å². The van der Waals surface area contributed by atoms with Crippen LogP contribution in [0.4, 0.5) is 0 Å². The molecule has 3 nitrogen and oxygen atoms in total. The van der Waals surface area contributed by atoms with Crippen LogP contribution in [0.15, 0.2) is 41.5 Å². The van der Waals surface area contributed by atoms with E-state index in [9.17, 15) is 4.79 Å². The van der Waals surface area contributed by atoms with Gasteiger partial charge in [0, 0.05) is 0 Å². The van der Waals surface area contributed by atoms with E-state index in [1.165, 1.54) is 12.0 Å². The lowest BCUT2D eigenvalue weighted by molar-refractivity contribution is -0.121. The van der Waals surface area contributed by atoms with Gasteiger partial charge in [-0.3, -0.25) is 4.79 Å². The SMILES string of the molecule is COc1ccc(C=C2CCC(CCN(C)C)(C3=CCCC3)C2=O)cc1.Cl. The van der Waals surface area contributed by atoms with E-state index in [1.54, 1.807) is 7.11 Å². The number of carbonyl (C=O) groups is 1. The van der Waals surface area contributed by atoms with Crippen molar-refractivity contribution in [2.45, 2.75) is 38.5 Å². The minimum atomic E-state index is -0.251. The summed E-state index contributed by atoms with van der Waals surface area (Å²) in [5.74, 6) is 1.20. The number of rotatable bonds is 6. The molecule has 1 atom stereocenters. The Morgan fingerprint density at radius 1 is 1.19 bits per heavy atom. The largest absolute Gasteiger partial charge is 0.497 e. The average Bonchev–Trinajstić information content (AvgIpc) is 3.25. The lowest BCUT2D eigenvalue weighted by Gasteiger charge is -2.30. The first-order chi connectivity index (χ1) is 12.0. The van der Waals surface area contributed by atoms with Gasteiger partial charge < -0.3 is 9.64 Å². The predicted octanol–water partition coefficient (Wildman–Crippen LogP) is 4.91. The van der Waals surface area contributed by atoms with Crippen molar-refractivity contribution in [2.24, 2.45) is 5.41 Å². The Hall–Kier alpha value is -1.58. The second-order valence-corrected chi connectivity index (χ2v) is 7.53. The fourth-order valence-electron chi connectivity index (χ4n) is 4.15. The van der Waals surface area contributed by atoms with Crippen molar-refractivity contribution in [3.63, 3.8) is 0 Å². The summed E-state index contributed by atoms with van der Waals surface area (Å²) in [6.07, 6.45) is 10.6. The Labute approximate surface area is 163 Å². The van der Waals surface area contributed by atoms with Gasteiger partial charge in [0.1, 0.15) is 5.75 Å². The lowest BCUT2D eigenvalue weighted by atomic mass is 9.74. The minimum absolute atomic E-state index is 0. The number of carbonyl (C=O) groups excluding carboxylic acids is 1. The molecule has 26 heavy (non-hydrogen) atoms. The Morgan fingerprint density at radius 2 is 1.92 bits per heavy atom. The number of benzene rings is 1. The van der Waals surface area contributed by atoms with Crippen LogP contribution >= 0.6 is 12.4 Å². The zero-order chi connectivity index (χ0) is 17.9. The van der Waals surface area contributed by atoms with Crippen molar-refractivity contribution < 1.29 is 9.53 Å². The average molecular weight is 376 g/mol. The molecule has 4 heteroatoms. The molecule has 1 aromatic rings. The van der Waals surface area contributed by atoms with Crippen LogP contribution in [0.25, 0.3) is 6.08 Å². The molecule has 0 heterocycles. The zero-order valence-corrected chi connectivity index (χ0v) is 16.9. The van der Waals surface area contributed by atoms with Gasteiger partial charge in [0.15, 0.2) is 5.78 Å². The first-order valence-electron chi connectivity index (χ1n) is 9.29. The number of ether oxygens (including phenoxy) is 1. The Kier molecular flexibility index (Phi) is 7.08. The number of halogens is 1. The fourth-order valence-corrected chi connectivity index (χ4v) is 4.15. The topological polar surface area (TPSA) is 29.5 Å². The van der Waals surface area contributed by atoms with Gasteiger partial charge in [0.05, 0.1) is 12.5 Å². The van der Waals surface area contributed by atoms with E-state index >= 15 is 0 Å². The summed E-state index contributed by atoms with van der Waals surface area (Å²) in [4.78, 5) is 15.6. The molecule has 0 aromatic heterocycles. The van der Waals surface area contributed by atoms with Crippen LogP contribution in [0.5, 0.6) is 5.75 Å². The highest BCUT2D eigenvalue weighted by atomic mass is 35.5. The van der Waals surface area contributed by atoms with Gasteiger partial charge >= 0.3 is 0 Å². The van der Waals surface area contributed by atoms with Crippen molar-refractivity contribution in [3.05, 3.63) is 47.1 Å². The molecule has 1 saturated carbocycles. The zero-order valence-electron chi connectivity index (χ0n) is 16.1. The van der Waals surface area contributed by atoms with Gasteiger partial charge in [0.25, 0.3) is 0 Å². The van der Waals surface area contributed by atoms with Gasteiger partial charge in [-0.2, -0.15) is 0 Å². The number of allylic oxidation sites excluding steroid dienone is 3. The summed E-state index contributed by atoms with van der Waals surface area (Å²) >= 11 is 0. The van der Waals surface area contributed by atoms with Gasteiger partial charge in [-0.15, -0.1) is 12.4 Å². The molecule has 142 valence electrons. The lowest BCUT2D eigenvalue weighted by Crippen LogP contribution is -2.32. The van der Waals surface area contributed by atoms with Crippen molar-refractivity contribution >= 4 is 24.3 Å². The highest BCUT2D eigenvalue weighted by Crippen LogP contribution is 2.50. The van der Waals surface area contributed by atoms with Gasteiger partial charge in [-0.1, -0.05) is 23.8 Å². The second kappa shape index (κ2) is 8.88. The van der Waals surface area contributed by atoms with Crippen molar-refractivity contribution in [3.8, 4) is 5.75 Å². The van der Waals surface area contributed by atoms with E-state index in [0.29, 0.717) is 5.78 Å². The van der Waals surface area contributed by atoms with E-state index in [-0.39, 0.29) is 17.8 Å². The highest BCUT2D eigenvalue weighted by molar-refractivity contribution is 6.07. The molecule has 1 aromatic carbocycles. The third kappa shape index (κ3) is 4.21. The highest BCUT2D eigenvalue weighted by Gasteiger charge is 2.47. The summed E-state index contributed by atoms with van der Waals surface area (Å²) in [5, 5.41) is 0. The molecule has 3 rings (SSSR count). The van der Waals surface area contributed by atoms with Crippen LogP contribution in [-0.4, -0.2) is 38.4 Å². The molecule has 0 N–H and O–H groups in total. The second-order valence-electron chi connectivity index (χ2n) is 7.53. The Bertz CT molecular complexity index is 691. The summed E-state index contributed by atoms with van der Waals surface area (Å²) in [5.41, 5.74) is 3.21. The molecule has 0 radical (unpaired) electrons. The standard InChI is InChI=1S/C22H29NO2.ClH/c1-23(2)15-14-22(19-6-4-5-7-19)13-12-18(21(22)24)16-17-8-10-20(25-3)11-9-17;/h6,8-11,16H,4-5,7,12-15H2,1-3H3;1H. The third-order valence-electron chi connectivity index (χ3n) is 5.65. The van der Waals surface area contributed by atoms with Crippen molar-refractivity contribution in [1.82, 2.24) is 4.90 Å². The molecule has 0 bridgehead atoms. The van der Waals surface area contributed by atoms with Crippen LogP contribution in [0.2, 0.25) is 0 Å². The summed E-state index contributed by atoms with van der Waals surface area (Å²) in [7, 11) is 5.84. The third-order valence-corrected chi connectivity index (χ3v) is 5.65. The van der Waals surface area contributed by atoms with E-state index in [4.69, 9.17) is 4.74 Å². The molecule has 2 aliphatic rings. The maximum Gasteiger partial charge on any atom is 0.169 e. The number of methoxy groups -OCH3 is 1. The van der Waals surface area contributed by atoms with Crippen LogP contribution in [0.3, 0.4) is 0 Å².